The largest absolute Gasteiger partial charge is 0.488 e. The highest BCUT2D eigenvalue weighted by Gasteiger charge is 2.57. The number of benzene rings is 2. The SMILES string of the molecule is CC[C@H](C)[C@H](NC(=O)OC)C(=O)N1CC2(CC2)C[C@H]1c1nc(-c2cc3c4c(c2)OCc2cc(-c5nc([C@@H]6CC7(CC7)CN6C(=O)[C@@H](NC(=O)OC)[C@@H](C)CC)[nH]c5Cl)cc(c2-4)OC3)c(Cl)[nH]1. The monoisotopic (exact) mass is 942 g/mol. The molecule has 2 aromatic heterocycles. The summed E-state index contributed by atoms with van der Waals surface area (Å²) in [6.45, 7) is 9.59. The molecule has 2 aromatic carbocycles. The Labute approximate surface area is 393 Å². The van der Waals surface area contributed by atoms with Crippen molar-refractivity contribution in [1.29, 1.82) is 0 Å². The molecule has 2 aliphatic carbocycles. The van der Waals surface area contributed by atoms with Crippen molar-refractivity contribution in [2.24, 2.45) is 22.7 Å². The summed E-state index contributed by atoms with van der Waals surface area (Å²) in [4.78, 5) is 73.6. The number of imidazole rings is 2. The molecule has 6 heterocycles. The molecule has 4 aromatic rings. The van der Waals surface area contributed by atoms with E-state index in [1.54, 1.807) is 0 Å². The predicted octanol–water partition coefficient (Wildman–Crippen LogP) is 8.87. The minimum absolute atomic E-state index is 0.0294. The first kappa shape index (κ1) is 44.4. The third-order valence-corrected chi connectivity index (χ3v) is 15.8. The van der Waals surface area contributed by atoms with Crippen LogP contribution >= 0.6 is 23.2 Å². The number of methoxy groups -OCH3 is 2. The topological polar surface area (TPSA) is 193 Å². The number of nitrogens with zero attached hydrogens (tertiary/aromatic N) is 4. The summed E-state index contributed by atoms with van der Waals surface area (Å²) in [6, 6.07) is 5.81. The fourth-order valence-electron chi connectivity index (χ4n) is 10.6. The van der Waals surface area contributed by atoms with Gasteiger partial charge in [-0.15, -0.1) is 0 Å². The molecule has 2 spiro atoms. The van der Waals surface area contributed by atoms with Crippen molar-refractivity contribution in [2.75, 3.05) is 27.3 Å². The molecule has 6 aliphatic rings. The van der Waals surface area contributed by atoms with E-state index in [1.165, 1.54) is 14.2 Å². The number of carbonyl (C=O) groups excluding carboxylic acids is 4. The number of carbonyl (C=O) groups is 4. The highest BCUT2D eigenvalue weighted by Crippen LogP contribution is 2.60. The maximum Gasteiger partial charge on any atom is 0.407 e. The van der Waals surface area contributed by atoms with Crippen LogP contribution in [0.1, 0.15) is 114 Å². The summed E-state index contributed by atoms with van der Waals surface area (Å²) in [6.07, 6.45) is 5.73. The fourth-order valence-corrected chi connectivity index (χ4v) is 11.1. The second-order valence-electron chi connectivity index (χ2n) is 19.5. The molecular formula is C48H56Cl2N8O8. The fraction of sp³-hybridized carbons (Fsp3) is 0.542. The molecule has 0 unspecified atom stereocenters. The number of halogens is 2. The quantitative estimate of drug-likeness (QED) is 0.107. The van der Waals surface area contributed by atoms with E-state index < -0.39 is 24.3 Å². The number of aromatic nitrogens is 4. The van der Waals surface area contributed by atoms with Crippen LogP contribution in [0, 0.1) is 22.7 Å². The van der Waals surface area contributed by atoms with Crippen LogP contribution in [0.25, 0.3) is 33.6 Å². The number of ether oxygens (including phenoxy) is 4. The highest BCUT2D eigenvalue weighted by atomic mass is 35.5. The molecule has 2 saturated carbocycles. The van der Waals surface area contributed by atoms with E-state index in [0.717, 1.165) is 71.9 Å². The van der Waals surface area contributed by atoms with Crippen molar-refractivity contribution in [1.82, 2.24) is 40.4 Å². The molecule has 4 aliphatic heterocycles. The third-order valence-electron chi connectivity index (χ3n) is 15.3. The van der Waals surface area contributed by atoms with Gasteiger partial charge in [0.15, 0.2) is 0 Å². The molecule has 18 heteroatoms. The molecule has 4 N–H and O–H groups in total. The second kappa shape index (κ2) is 16.7. The van der Waals surface area contributed by atoms with Gasteiger partial charge in [-0.1, -0.05) is 63.7 Å². The second-order valence-corrected chi connectivity index (χ2v) is 20.3. The Bertz CT molecular complexity index is 2410. The van der Waals surface area contributed by atoms with Gasteiger partial charge in [-0.3, -0.25) is 9.59 Å². The van der Waals surface area contributed by atoms with Crippen LogP contribution in [-0.2, 0) is 32.3 Å². The van der Waals surface area contributed by atoms with Gasteiger partial charge in [0.1, 0.15) is 70.1 Å². The Balaban J connectivity index is 0.922. The summed E-state index contributed by atoms with van der Waals surface area (Å²) in [5.74, 6) is 2.03. The zero-order valence-electron chi connectivity index (χ0n) is 38.1. The number of rotatable bonds is 12. The highest BCUT2D eigenvalue weighted by molar-refractivity contribution is 6.32. The van der Waals surface area contributed by atoms with Crippen molar-refractivity contribution in [2.45, 2.75) is 116 Å². The molecule has 66 heavy (non-hydrogen) atoms. The molecule has 0 bridgehead atoms. The smallest absolute Gasteiger partial charge is 0.407 e. The van der Waals surface area contributed by atoms with Crippen LogP contribution in [-0.4, -0.2) is 93.1 Å². The van der Waals surface area contributed by atoms with Crippen LogP contribution in [0.4, 0.5) is 9.59 Å². The van der Waals surface area contributed by atoms with Crippen molar-refractivity contribution < 1.29 is 38.1 Å². The Kier molecular flexibility index (Phi) is 11.2. The van der Waals surface area contributed by atoms with E-state index in [0.29, 0.717) is 70.8 Å². The van der Waals surface area contributed by atoms with Gasteiger partial charge in [-0.25, -0.2) is 19.6 Å². The molecule has 6 atom stereocenters. The molecule has 0 radical (unpaired) electrons. The Morgan fingerprint density at radius 1 is 0.712 bits per heavy atom. The van der Waals surface area contributed by atoms with Gasteiger partial charge < -0.3 is 49.3 Å². The first-order valence-electron chi connectivity index (χ1n) is 23.1. The Hall–Kier alpha value is -5.48. The average Bonchev–Trinajstić information content (AvgIpc) is 4.02. The zero-order valence-corrected chi connectivity index (χ0v) is 39.6. The van der Waals surface area contributed by atoms with E-state index in [4.69, 9.17) is 52.1 Å². The lowest BCUT2D eigenvalue weighted by molar-refractivity contribution is -0.136. The Morgan fingerprint density at radius 2 is 1.11 bits per heavy atom. The van der Waals surface area contributed by atoms with E-state index in [2.05, 4.69) is 20.6 Å². The predicted molar refractivity (Wildman–Crippen MR) is 245 cm³/mol. The number of nitrogens with one attached hydrogen (secondary N) is 4. The van der Waals surface area contributed by atoms with Gasteiger partial charge in [0.25, 0.3) is 0 Å². The van der Waals surface area contributed by atoms with Gasteiger partial charge in [-0.05, 0) is 85.5 Å². The standard InChI is InChI=1S/C48H56Cl2N8O8/c1-7-23(3)35(53-45(61)63-5)43(59)57-21-47(9-10-47)17-29(57)41-51-37(39(49)55-41)25-13-27-19-66-32-16-26(14-28-20-65-31(15-25)33(27)34(28)32)38-40(50)56-42(52-38)30-18-48(11-12-48)22-58(30)44(60)36(24(4)8-2)54-46(62)64-6/h13-16,23-24,29-30,35-36H,7-12,17-22H2,1-6H3,(H,51,55)(H,52,56)(H,53,61)(H,54,62)/t23-,24-,29-,30-,35-,36-/m0/s1. The van der Waals surface area contributed by atoms with Crippen molar-refractivity contribution in [3.05, 3.63) is 57.3 Å². The molecule has 2 saturated heterocycles. The number of alkyl carbamates (subject to hydrolysis) is 2. The van der Waals surface area contributed by atoms with Crippen LogP contribution < -0.4 is 20.1 Å². The molecule has 16 nitrogen and oxygen atoms in total. The Morgan fingerprint density at radius 3 is 1.45 bits per heavy atom. The number of hydrogen-bond donors (Lipinski definition) is 4. The normalized spacial score (nSPS) is 21.9. The van der Waals surface area contributed by atoms with E-state index in [1.807, 2.05) is 61.8 Å². The maximum absolute atomic E-state index is 14.2. The minimum atomic E-state index is -0.742. The van der Waals surface area contributed by atoms with Gasteiger partial charge in [0.2, 0.25) is 11.8 Å². The van der Waals surface area contributed by atoms with Gasteiger partial charge in [0.05, 0.1) is 26.3 Å². The van der Waals surface area contributed by atoms with Crippen molar-refractivity contribution in [3.63, 3.8) is 0 Å². The zero-order chi connectivity index (χ0) is 46.4. The first-order valence-corrected chi connectivity index (χ1v) is 23.8. The van der Waals surface area contributed by atoms with Crippen LogP contribution in [0.15, 0.2) is 24.3 Å². The van der Waals surface area contributed by atoms with E-state index in [-0.39, 0.29) is 59.8 Å². The van der Waals surface area contributed by atoms with E-state index >= 15 is 0 Å². The molecule has 10 rings (SSSR count). The van der Waals surface area contributed by atoms with E-state index in [9.17, 15) is 19.2 Å². The molecular weight excluding hydrogens is 887 g/mol. The number of hydrogen-bond acceptors (Lipinski definition) is 10. The van der Waals surface area contributed by atoms with Gasteiger partial charge >= 0.3 is 12.2 Å². The molecule has 4 fully saturated rings. The third kappa shape index (κ3) is 7.71. The summed E-state index contributed by atoms with van der Waals surface area (Å²) in [7, 11) is 2.59. The van der Waals surface area contributed by atoms with Gasteiger partial charge in [0, 0.05) is 46.5 Å². The van der Waals surface area contributed by atoms with Crippen LogP contribution in [0.3, 0.4) is 0 Å². The lowest BCUT2D eigenvalue weighted by atomic mass is 9.87. The summed E-state index contributed by atoms with van der Waals surface area (Å²) in [5, 5.41) is 6.28. The number of likely N-dealkylation sites (tertiary alicyclic amines) is 2. The summed E-state index contributed by atoms with van der Waals surface area (Å²) >= 11 is 13.9. The first-order chi connectivity index (χ1) is 31.7. The lowest BCUT2D eigenvalue weighted by Crippen LogP contribution is -2.51. The lowest BCUT2D eigenvalue weighted by Gasteiger charge is -2.31. The average molecular weight is 944 g/mol. The van der Waals surface area contributed by atoms with Gasteiger partial charge in [-0.2, -0.15) is 0 Å². The minimum Gasteiger partial charge on any atom is -0.488 e. The van der Waals surface area contributed by atoms with Crippen molar-refractivity contribution >= 4 is 47.2 Å². The maximum atomic E-state index is 14.2. The number of aromatic amines is 2. The number of amides is 4. The van der Waals surface area contributed by atoms with Crippen LogP contribution in [0.5, 0.6) is 11.5 Å². The summed E-state index contributed by atoms with van der Waals surface area (Å²) < 4.78 is 22.8. The molecule has 350 valence electrons. The summed E-state index contributed by atoms with van der Waals surface area (Å²) in [5.41, 5.74) is 6.38. The van der Waals surface area contributed by atoms with Crippen molar-refractivity contribution in [3.8, 4) is 45.1 Å². The number of H-pyrrole nitrogens is 2. The van der Waals surface area contributed by atoms with Crippen LogP contribution in [0.2, 0.25) is 10.3 Å². The molecule has 4 amide bonds.